The maximum atomic E-state index is 13.3. The molecule has 6 nitrogen and oxygen atoms in total. The van der Waals surface area contributed by atoms with Crippen LogP contribution in [0.1, 0.15) is 38.6 Å². The van der Waals surface area contributed by atoms with Gasteiger partial charge in [0, 0.05) is 36.7 Å². The molecular formula is C30H27F3N4O2. The second-order valence-corrected chi connectivity index (χ2v) is 9.31. The van der Waals surface area contributed by atoms with Crippen LogP contribution in [-0.2, 0) is 32.2 Å². The fourth-order valence-corrected chi connectivity index (χ4v) is 4.48. The summed E-state index contributed by atoms with van der Waals surface area (Å²) in [5, 5.41) is 3.92. The van der Waals surface area contributed by atoms with E-state index >= 15 is 0 Å². The van der Waals surface area contributed by atoms with Gasteiger partial charge in [-0.05, 0) is 35.2 Å². The first-order chi connectivity index (χ1) is 18.8. The number of hydrogen-bond donors (Lipinski definition) is 2. The summed E-state index contributed by atoms with van der Waals surface area (Å²) in [6.45, 7) is 1.37. The van der Waals surface area contributed by atoms with Gasteiger partial charge in [0.15, 0.2) is 5.69 Å². The van der Waals surface area contributed by atoms with Crippen molar-refractivity contribution in [3.8, 4) is 0 Å². The van der Waals surface area contributed by atoms with Crippen molar-refractivity contribution >= 4 is 16.8 Å². The van der Waals surface area contributed by atoms with Crippen molar-refractivity contribution in [1.82, 2.24) is 20.2 Å². The van der Waals surface area contributed by atoms with E-state index in [1.165, 1.54) is 12.3 Å². The topological polar surface area (TPSA) is 74.2 Å². The first-order valence-electron chi connectivity index (χ1n) is 12.5. The highest BCUT2D eigenvalue weighted by Crippen LogP contribution is 2.30. The molecule has 0 atom stereocenters. The summed E-state index contributed by atoms with van der Waals surface area (Å²) in [4.78, 5) is 22.2. The number of alkyl halides is 3. The van der Waals surface area contributed by atoms with Crippen LogP contribution in [0.3, 0.4) is 0 Å². The normalized spacial score (nSPS) is 11.8. The zero-order valence-electron chi connectivity index (χ0n) is 21.0. The third-order valence-corrected chi connectivity index (χ3v) is 6.47. The van der Waals surface area contributed by atoms with Gasteiger partial charge in [0.25, 0.3) is 5.91 Å². The molecule has 2 heterocycles. The molecule has 9 heteroatoms. The molecule has 2 aromatic heterocycles. The molecule has 39 heavy (non-hydrogen) atoms. The zero-order valence-corrected chi connectivity index (χ0v) is 21.0. The predicted octanol–water partition coefficient (Wildman–Crippen LogP) is 6.35. The second-order valence-electron chi connectivity index (χ2n) is 9.31. The molecule has 5 aromatic rings. The van der Waals surface area contributed by atoms with Crippen LogP contribution in [0.15, 0.2) is 95.7 Å². The summed E-state index contributed by atoms with van der Waals surface area (Å²) in [5.41, 5.74) is 3.07. The molecule has 3 aromatic carbocycles. The van der Waals surface area contributed by atoms with E-state index in [9.17, 15) is 18.0 Å². The van der Waals surface area contributed by atoms with Gasteiger partial charge in [0.2, 0.25) is 5.89 Å². The molecule has 0 radical (unpaired) electrons. The van der Waals surface area contributed by atoms with E-state index in [1.807, 2.05) is 65.7 Å². The number of para-hydroxylation sites is 1. The number of carbonyl (C=O) groups is 1. The number of nitrogens with one attached hydrogen (secondary N) is 2. The van der Waals surface area contributed by atoms with E-state index in [1.54, 1.807) is 6.07 Å². The summed E-state index contributed by atoms with van der Waals surface area (Å²) in [7, 11) is 0. The van der Waals surface area contributed by atoms with Gasteiger partial charge in [0.1, 0.15) is 6.26 Å². The van der Waals surface area contributed by atoms with E-state index in [2.05, 4.69) is 15.3 Å². The van der Waals surface area contributed by atoms with Crippen LogP contribution in [0, 0.1) is 0 Å². The molecular weight excluding hydrogens is 505 g/mol. The van der Waals surface area contributed by atoms with E-state index in [0.717, 1.165) is 34.2 Å². The standard InChI is InChI=1S/C30H27F3N4O2/c31-30(32,33)24-10-6-9-22(15-24)18-37(14-13-23-17-34-26-12-5-4-11-25(23)26)19-28-36-27(20-39-28)29(38)35-16-21-7-2-1-3-8-21/h1-12,15,17,20,34H,13-14,16,18-19H2,(H,35,38). The summed E-state index contributed by atoms with van der Waals surface area (Å²) >= 11 is 0. The number of nitrogens with zero attached hydrogens (tertiary/aromatic N) is 2. The quantitative estimate of drug-likeness (QED) is 0.220. The predicted molar refractivity (Wildman–Crippen MR) is 142 cm³/mol. The van der Waals surface area contributed by atoms with E-state index in [-0.39, 0.29) is 24.7 Å². The number of aromatic nitrogens is 2. The number of amides is 1. The molecule has 0 saturated heterocycles. The molecule has 2 N–H and O–H groups in total. The smallest absolute Gasteiger partial charge is 0.416 e. The van der Waals surface area contributed by atoms with Crippen LogP contribution in [0.5, 0.6) is 0 Å². The van der Waals surface area contributed by atoms with Gasteiger partial charge in [-0.1, -0.05) is 66.7 Å². The van der Waals surface area contributed by atoms with Crippen LogP contribution >= 0.6 is 0 Å². The summed E-state index contributed by atoms with van der Waals surface area (Å²) in [5.74, 6) is -0.0529. The second kappa shape index (κ2) is 11.6. The van der Waals surface area contributed by atoms with Gasteiger partial charge in [-0.3, -0.25) is 9.69 Å². The van der Waals surface area contributed by atoms with Crippen molar-refractivity contribution in [1.29, 1.82) is 0 Å². The summed E-state index contributed by atoms with van der Waals surface area (Å²) in [6.07, 6.45) is -0.505. The zero-order chi connectivity index (χ0) is 27.2. The van der Waals surface area contributed by atoms with E-state index in [0.29, 0.717) is 31.0 Å². The molecule has 0 aliphatic rings. The molecule has 0 saturated carbocycles. The fourth-order valence-electron chi connectivity index (χ4n) is 4.48. The molecule has 1 amide bonds. The Morgan fingerprint density at radius 1 is 0.949 bits per heavy atom. The Balaban J connectivity index is 1.30. The Morgan fingerprint density at radius 2 is 1.72 bits per heavy atom. The van der Waals surface area contributed by atoms with Crippen molar-refractivity contribution in [3.05, 3.63) is 125 Å². The molecule has 0 unspecified atom stereocenters. The van der Waals surface area contributed by atoms with Crippen LogP contribution in [0.4, 0.5) is 13.2 Å². The average Bonchev–Trinajstić information content (AvgIpc) is 3.58. The lowest BCUT2D eigenvalue weighted by Gasteiger charge is -2.21. The highest BCUT2D eigenvalue weighted by Gasteiger charge is 2.30. The van der Waals surface area contributed by atoms with Gasteiger partial charge in [-0.15, -0.1) is 0 Å². The average molecular weight is 533 g/mol. The van der Waals surface area contributed by atoms with Crippen molar-refractivity contribution in [2.75, 3.05) is 6.54 Å². The number of aromatic amines is 1. The Morgan fingerprint density at radius 3 is 2.54 bits per heavy atom. The van der Waals surface area contributed by atoms with E-state index in [4.69, 9.17) is 4.42 Å². The summed E-state index contributed by atoms with van der Waals surface area (Å²) in [6, 6.07) is 22.8. The first-order valence-corrected chi connectivity index (χ1v) is 12.5. The van der Waals surface area contributed by atoms with Gasteiger partial charge in [0.05, 0.1) is 12.1 Å². The van der Waals surface area contributed by atoms with Gasteiger partial charge in [-0.25, -0.2) is 4.98 Å². The number of fused-ring (bicyclic) bond motifs is 1. The number of oxazole rings is 1. The summed E-state index contributed by atoms with van der Waals surface area (Å²) < 4.78 is 45.5. The molecule has 0 bridgehead atoms. The van der Waals surface area contributed by atoms with E-state index < -0.39 is 11.7 Å². The Bertz CT molecular complexity index is 1540. The minimum atomic E-state index is -4.42. The lowest BCUT2D eigenvalue weighted by Crippen LogP contribution is -2.26. The highest BCUT2D eigenvalue weighted by molar-refractivity contribution is 5.91. The number of halogens is 3. The molecule has 5 rings (SSSR count). The van der Waals surface area contributed by atoms with Gasteiger partial charge < -0.3 is 14.7 Å². The molecule has 0 aliphatic carbocycles. The number of hydrogen-bond acceptors (Lipinski definition) is 4. The number of H-pyrrole nitrogens is 1. The maximum Gasteiger partial charge on any atom is 0.416 e. The number of benzene rings is 3. The van der Waals surface area contributed by atoms with Crippen molar-refractivity contribution < 1.29 is 22.4 Å². The molecule has 0 aliphatic heterocycles. The monoisotopic (exact) mass is 532 g/mol. The Kier molecular flexibility index (Phi) is 7.79. The van der Waals surface area contributed by atoms with Crippen LogP contribution in [-0.4, -0.2) is 27.3 Å². The first kappa shape index (κ1) is 26.2. The van der Waals surface area contributed by atoms with Crippen LogP contribution in [0.25, 0.3) is 10.9 Å². The molecule has 200 valence electrons. The van der Waals surface area contributed by atoms with Crippen LogP contribution < -0.4 is 5.32 Å². The maximum absolute atomic E-state index is 13.3. The lowest BCUT2D eigenvalue weighted by atomic mass is 10.1. The number of carbonyl (C=O) groups excluding carboxylic acids is 1. The SMILES string of the molecule is O=C(NCc1ccccc1)c1coc(CN(CCc2c[nH]c3ccccc23)Cc2cccc(C(F)(F)F)c2)n1. The fraction of sp³-hybridized carbons (Fsp3) is 0.200. The molecule has 0 fully saturated rings. The van der Waals surface area contributed by atoms with Crippen LogP contribution in [0.2, 0.25) is 0 Å². The third-order valence-electron chi connectivity index (χ3n) is 6.47. The van der Waals surface area contributed by atoms with Gasteiger partial charge >= 0.3 is 6.18 Å². The Labute approximate surface area is 223 Å². The van der Waals surface area contributed by atoms with Crippen molar-refractivity contribution in [3.63, 3.8) is 0 Å². The van der Waals surface area contributed by atoms with Crippen molar-refractivity contribution in [2.24, 2.45) is 0 Å². The van der Waals surface area contributed by atoms with Gasteiger partial charge in [-0.2, -0.15) is 13.2 Å². The Hall–Kier alpha value is -4.37. The molecule has 0 spiro atoms. The minimum Gasteiger partial charge on any atom is -0.447 e. The lowest BCUT2D eigenvalue weighted by molar-refractivity contribution is -0.137. The number of rotatable bonds is 10. The van der Waals surface area contributed by atoms with Crippen molar-refractivity contribution in [2.45, 2.75) is 32.2 Å². The minimum absolute atomic E-state index is 0.150. The third kappa shape index (κ3) is 6.74. The largest absolute Gasteiger partial charge is 0.447 e. The highest BCUT2D eigenvalue weighted by atomic mass is 19.4.